The predicted octanol–water partition coefficient (Wildman–Crippen LogP) is 1.94. The molecule has 4 nitrogen and oxygen atoms in total. The second-order valence-corrected chi connectivity index (χ2v) is 5.76. The van der Waals surface area contributed by atoms with Crippen molar-refractivity contribution in [3.63, 3.8) is 0 Å². The van der Waals surface area contributed by atoms with Crippen molar-refractivity contribution in [3.05, 3.63) is 28.7 Å². The van der Waals surface area contributed by atoms with Gasteiger partial charge in [-0.25, -0.2) is 0 Å². The van der Waals surface area contributed by atoms with Crippen molar-refractivity contribution in [2.45, 2.75) is 38.6 Å². The summed E-state index contributed by atoms with van der Waals surface area (Å²) in [7, 11) is 2.14. The third-order valence-corrected chi connectivity index (χ3v) is 4.02. The second kappa shape index (κ2) is 6.75. The lowest BCUT2D eigenvalue weighted by atomic mass is 9.89. The molecule has 0 spiro atoms. The normalized spacial score (nSPS) is 16.9. The van der Waals surface area contributed by atoms with E-state index in [1.807, 2.05) is 0 Å². The first kappa shape index (κ1) is 14.1. The number of nitrogens with two attached hydrogens (primary N) is 1. The van der Waals surface area contributed by atoms with Gasteiger partial charge >= 0.3 is 0 Å². The number of aromatic nitrogens is 1. The Morgan fingerprint density at radius 3 is 2.79 bits per heavy atom. The van der Waals surface area contributed by atoms with Crippen molar-refractivity contribution in [2.75, 3.05) is 25.9 Å². The van der Waals surface area contributed by atoms with Crippen LogP contribution in [0.4, 0.5) is 5.69 Å². The van der Waals surface area contributed by atoms with Crippen LogP contribution in [0.1, 0.15) is 32.1 Å². The van der Waals surface area contributed by atoms with Gasteiger partial charge in [0.2, 0.25) is 0 Å². The lowest BCUT2D eigenvalue weighted by Gasteiger charge is -2.27. The van der Waals surface area contributed by atoms with Gasteiger partial charge in [0.15, 0.2) is 0 Å². The molecule has 0 radical (unpaired) electrons. The highest BCUT2D eigenvalue weighted by molar-refractivity contribution is 5.33. The van der Waals surface area contributed by atoms with E-state index in [1.54, 1.807) is 16.8 Å². The number of pyridine rings is 1. The van der Waals surface area contributed by atoms with Crippen molar-refractivity contribution >= 4 is 5.69 Å². The number of nitrogens with zero attached hydrogens (tertiary/aromatic N) is 2. The molecule has 1 fully saturated rings. The Kier molecular flexibility index (Phi) is 5.02. The minimum absolute atomic E-state index is 0.0280. The van der Waals surface area contributed by atoms with Gasteiger partial charge in [0.25, 0.3) is 5.56 Å². The first-order valence-corrected chi connectivity index (χ1v) is 7.29. The van der Waals surface area contributed by atoms with Crippen LogP contribution in [0.2, 0.25) is 0 Å². The molecule has 1 saturated carbocycles. The highest BCUT2D eigenvalue weighted by Gasteiger charge is 2.15. The number of likely N-dealkylation sites (N-methyl/N-ethyl adjacent to an activating group) is 1. The zero-order valence-electron chi connectivity index (χ0n) is 11.8. The molecule has 106 valence electrons. The molecule has 19 heavy (non-hydrogen) atoms. The lowest BCUT2D eigenvalue weighted by Crippen LogP contribution is -2.32. The number of nitrogen functional groups attached to an aromatic ring is 1. The number of hydrogen-bond acceptors (Lipinski definition) is 3. The maximum atomic E-state index is 11.7. The average Bonchev–Trinajstić information content (AvgIpc) is 2.41. The van der Waals surface area contributed by atoms with Gasteiger partial charge in [0, 0.05) is 37.6 Å². The summed E-state index contributed by atoms with van der Waals surface area (Å²) in [5.41, 5.74) is 6.39. The monoisotopic (exact) mass is 263 g/mol. The zero-order valence-corrected chi connectivity index (χ0v) is 11.8. The van der Waals surface area contributed by atoms with Gasteiger partial charge in [0.1, 0.15) is 0 Å². The lowest BCUT2D eigenvalue weighted by molar-refractivity contribution is 0.227. The maximum Gasteiger partial charge on any atom is 0.250 e. The van der Waals surface area contributed by atoms with Crippen molar-refractivity contribution in [1.29, 1.82) is 0 Å². The van der Waals surface area contributed by atoms with Crippen LogP contribution in [-0.4, -0.2) is 29.6 Å². The van der Waals surface area contributed by atoms with E-state index >= 15 is 0 Å². The van der Waals surface area contributed by atoms with Gasteiger partial charge in [0.05, 0.1) is 0 Å². The summed E-state index contributed by atoms with van der Waals surface area (Å²) in [6, 6.07) is 3.20. The van der Waals surface area contributed by atoms with Crippen molar-refractivity contribution in [2.24, 2.45) is 5.92 Å². The topological polar surface area (TPSA) is 51.3 Å². The third-order valence-electron chi connectivity index (χ3n) is 4.02. The Balaban J connectivity index is 1.80. The van der Waals surface area contributed by atoms with Gasteiger partial charge in [-0.05, 0) is 31.9 Å². The molecular formula is C15H25N3O. The third kappa shape index (κ3) is 4.39. The van der Waals surface area contributed by atoms with Gasteiger partial charge in [-0.1, -0.05) is 19.3 Å². The van der Waals surface area contributed by atoms with E-state index in [0.29, 0.717) is 12.2 Å². The van der Waals surface area contributed by atoms with E-state index in [-0.39, 0.29) is 5.56 Å². The fourth-order valence-electron chi connectivity index (χ4n) is 2.90. The molecule has 2 N–H and O–H groups in total. The van der Waals surface area contributed by atoms with Crippen molar-refractivity contribution < 1.29 is 0 Å². The van der Waals surface area contributed by atoms with Crippen LogP contribution in [-0.2, 0) is 6.54 Å². The summed E-state index contributed by atoms with van der Waals surface area (Å²) >= 11 is 0. The Labute approximate surface area is 115 Å². The standard InChI is InChI=1S/C15H25N3O/c1-17(11-13-5-3-2-4-6-13)9-10-18-12-14(16)7-8-15(18)19/h7-8,12-13H,2-6,9-11,16H2,1H3. The van der Waals surface area contributed by atoms with E-state index in [0.717, 1.165) is 19.0 Å². The minimum Gasteiger partial charge on any atom is -0.398 e. The first-order chi connectivity index (χ1) is 9.15. The molecular weight excluding hydrogens is 238 g/mol. The Hall–Kier alpha value is -1.29. The molecule has 1 aliphatic carbocycles. The van der Waals surface area contributed by atoms with Crippen LogP contribution in [0.25, 0.3) is 0 Å². The number of rotatable bonds is 5. The highest BCUT2D eigenvalue weighted by atomic mass is 16.1. The fourth-order valence-corrected chi connectivity index (χ4v) is 2.90. The summed E-state index contributed by atoms with van der Waals surface area (Å²) in [5, 5.41) is 0. The largest absolute Gasteiger partial charge is 0.398 e. The van der Waals surface area contributed by atoms with E-state index in [9.17, 15) is 4.79 Å². The molecule has 1 aromatic rings. The van der Waals surface area contributed by atoms with Crippen LogP contribution in [0.5, 0.6) is 0 Å². The number of anilines is 1. The van der Waals surface area contributed by atoms with Gasteiger partial charge in [-0.2, -0.15) is 0 Å². The van der Waals surface area contributed by atoms with Crippen molar-refractivity contribution in [1.82, 2.24) is 9.47 Å². The minimum atomic E-state index is 0.0280. The molecule has 0 unspecified atom stereocenters. The molecule has 0 amide bonds. The molecule has 1 heterocycles. The van der Waals surface area contributed by atoms with Crippen molar-refractivity contribution in [3.8, 4) is 0 Å². The Morgan fingerprint density at radius 2 is 2.05 bits per heavy atom. The van der Waals surface area contributed by atoms with Crippen LogP contribution in [0.3, 0.4) is 0 Å². The van der Waals surface area contributed by atoms with E-state index in [1.165, 1.54) is 38.2 Å². The molecule has 0 atom stereocenters. The second-order valence-electron chi connectivity index (χ2n) is 5.76. The summed E-state index contributed by atoms with van der Waals surface area (Å²) in [6.45, 7) is 2.77. The summed E-state index contributed by atoms with van der Waals surface area (Å²) in [5.74, 6) is 0.844. The van der Waals surface area contributed by atoms with Crippen LogP contribution < -0.4 is 11.3 Å². The smallest absolute Gasteiger partial charge is 0.250 e. The summed E-state index contributed by atoms with van der Waals surface area (Å²) < 4.78 is 1.70. The molecule has 0 aliphatic heterocycles. The van der Waals surface area contributed by atoms with Gasteiger partial charge in [-0.3, -0.25) is 4.79 Å². The summed E-state index contributed by atoms with van der Waals surface area (Å²) in [6.07, 6.45) is 8.63. The molecule has 1 aromatic heterocycles. The molecule has 0 bridgehead atoms. The molecule has 4 heteroatoms. The average molecular weight is 263 g/mol. The zero-order chi connectivity index (χ0) is 13.7. The molecule has 1 aliphatic rings. The fraction of sp³-hybridized carbons (Fsp3) is 0.667. The number of hydrogen-bond donors (Lipinski definition) is 1. The summed E-state index contributed by atoms with van der Waals surface area (Å²) in [4.78, 5) is 14.0. The van der Waals surface area contributed by atoms with E-state index < -0.39 is 0 Å². The highest BCUT2D eigenvalue weighted by Crippen LogP contribution is 2.23. The van der Waals surface area contributed by atoms with E-state index in [4.69, 9.17) is 5.73 Å². The van der Waals surface area contributed by atoms with Gasteiger partial charge in [-0.15, -0.1) is 0 Å². The van der Waals surface area contributed by atoms with Crippen LogP contribution in [0, 0.1) is 5.92 Å². The van der Waals surface area contributed by atoms with E-state index in [2.05, 4.69) is 11.9 Å². The van der Waals surface area contributed by atoms with Crippen LogP contribution in [0.15, 0.2) is 23.1 Å². The molecule has 2 rings (SSSR count). The first-order valence-electron chi connectivity index (χ1n) is 7.29. The molecule has 0 saturated heterocycles. The predicted molar refractivity (Wildman–Crippen MR) is 79.2 cm³/mol. The quantitative estimate of drug-likeness (QED) is 0.883. The van der Waals surface area contributed by atoms with Crippen LogP contribution >= 0.6 is 0 Å². The van der Waals surface area contributed by atoms with Gasteiger partial charge < -0.3 is 15.2 Å². The SMILES string of the molecule is CN(CCn1cc(N)ccc1=O)CC1CCCCC1. The Morgan fingerprint density at radius 1 is 1.32 bits per heavy atom. The Bertz CT molecular complexity index is 449. The molecule has 0 aromatic carbocycles. The maximum absolute atomic E-state index is 11.7.